The summed E-state index contributed by atoms with van der Waals surface area (Å²) in [6.45, 7) is -0.0247. The highest BCUT2D eigenvalue weighted by atomic mass is 35.5. The first-order valence-corrected chi connectivity index (χ1v) is 10.2. The van der Waals surface area contributed by atoms with Gasteiger partial charge in [-0.1, -0.05) is 11.6 Å². The molecule has 32 heavy (non-hydrogen) atoms. The van der Waals surface area contributed by atoms with Gasteiger partial charge in [0.15, 0.2) is 5.76 Å². The topological polar surface area (TPSA) is 82.9 Å². The fraction of sp³-hybridized carbons (Fsp3) is 0.381. The molecule has 0 aliphatic carbocycles. The number of carbonyl (C=O) groups excluding carboxylic acids is 3. The minimum absolute atomic E-state index is 0.0973. The fourth-order valence-electron chi connectivity index (χ4n) is 3.54. The van der Waals surface area contributed by atoms with Crippen molar-refractivity contribution in [1.29, 1.82) is 0 Å². The number of likely N-dealkylation sites (tertiary alicyclic amines) is 1. The lowest BCUT2D eigenvalue weighted by atomic mass is 10.0. The van der Waals surface area contributed by atoms with Gasteiger partial charge in [-0.25, -0.2) is 0 Å². The molecule has 3 amide bonds. The fourth-order valence-corrected chi connectivity index (χ4v) is 3.77. The molecule has 2 aromatic rings. The van der Waals surface area contributed by atoms with E-state index in [-0.39, 0.29) is 11.4 Å². The summed E-state index contributed by atoms with van der Waals surface area (Å²) in [5, 5.41) is 1.85. The lowest BCUT2D eigenvalue weighted by Crippen LogP contribution is -2.53. The van der Waals surface area contributed by atoms with E-state index in [1.54, 1.807) is 6.07 Å². The Morgan fingerprint density at radius 1 is 1.25 bits per heavy atom. The number of furan rings is 1. The molecule has 1 aliphatic heterocycles. The second-order valence-corrected chi connectivity index (χ2v) is 7.83. The molecule has 11 heteroatoms. The van der Waals surface area contributed by atoms with Gasteiger partial charge in [-0.3, -0.25) is 14.4 Å². The van der Waals surface area contributed by atoms with E-state index < -0.39 is 47.1 Å². The predicted octanol–water partition coefficient (Wildman–Crippen LogP) is 4.04. The third kappa shape index (κ3) is 5.42. The first-order valence-electron chi connectivity index (χ1n) is 9.84. The van der Waals surface area contributed by atoms with Crippen LogP contribution < -0.4 is 5.32 Å². The van der Waals surface area contributed by atoms with Gasteiger partial charge in [0, 0.05) is 19.3 Å². The number of benzene rings is 1. The zero-order valence-electron chi connectivity index (χ0n) is 17.1. The van der Waals surface area contributed by atoms with E-state index in [9.17, 15) is 27.6 Å². The van der Waals surface area contributed by atoms with Crippen LogP contribution in [0.5, 0.6) is 0 Å². The van der Waals surface area contributed by atoms with E-state index in [0.717, 1.165) is 29.9 Å². The molecule has 0 radical (unpaired) electrons. The van der Waals surface area contributed by atoms with Gasteiger partial charge in [0.1, 0.15) is 6.04 Å². The highest BCUT2D eigenvalue weighted by Gasteiger charge is 2.36. The van der Waals surface area contributed by atoms with Gasteiger partial charge >= 0.3 is 6.18 Å². The van der Waals surface area contributed by atoms with Crippen LogP contribution in [0.1, 0.15) is 35.4 Å². The standard InChI is InChI=1S/C21H21ClF3N3O4/c1-27(12-18(29)26-13-7-8-15(22)14(11-13)21(23,24)25)19(30)16-5-2-3-9-28(16)20(31)17-6-4-10-32-17/h4,6-8,10-11,16H,2-3,5,9,12H2,1H3,(H,26,29). The molecule has 1 aromatic heterocycles. The number of alkyl halides is 3. The summed E-state index contributed by atoms with van der Waals surface area (Å²) in [6, 6.07) is 5.33. The number of piperidine rings is 1. The van der Waals surface area contributed by atoms with Crippen molar-refractivity contribution < 1.29 is 32.0 Å². The number of nitrogens with zero attached hydrogens (tertiary/aromatic N) is 2. The maximum Gasteiger partial charge on any atom is 0.417 e. The molecule has 0 saturated carbocycles. The number of rotatable bonds is 5. The van der Waals surface area contributed by atoms with Crippen molar-refractivity contribution in [3.05, 3.63) is 52.9 Å². The third-order valence-corrected chi connectivity index (χ3v) is 5.42. The Morgan fingerprint density at radius 3 is 2.66 bits per heavy atom. The molecule has 1 unspecified atom stereocenters. The number of halogens is 4. The summed E-state index contributed by atoms with van der Waals surface area (Å²) in [6.07, 6.45) is -1.40. The molecule has 1 N–H and O–H groups in total. The van der Waals surface area contributed by atoms with Crippen LogP contribution in [0.25, 0.3) is 0 Å². The Morgan fingerprint density at radius 2 is 2.00 bits per heavy atom. The molecule has 1 aliphatic rings. The quantitative estimate of drug-likeness (QED) is 0.713. The van der Waals surface area contributed by atoms with Crippen molar-refractivity contribution in [1.82, 2.24) is 9.80 Å². The molecule has 2 heterocycles. The van der Waals surface area contributed by atoms with Crippen LogP contribution in [0.2, 0.25) is 5.02 Å². The number of likely N-dealkylation sites (N-methyl/N-ethyl adjacent to an activating group) is 1. The molecular weight excluding hydrogens is 451 g/mol. The summed E-state index contributed by atoms with van der Waals surface area (Å²) in [7, 11) is 1.40. The Balaban J connectivity index is 1.65. The SMILES string of the molecule is CN(CC(=O)Nc1ccc(Cl)c(C(F)(F)F)c1)C(=O)C1CCCCN1C(=O)c1ccco1. The Hall–Kier alpha value is -3.01. The smallest absolute Gasteiger partial charge is 0.417 e. The molecule has 1 atom stereocenters. The highest BCUT2D eigenvalue weighted by molar-refractivity contribution is 6.31. The Bertz CT molecular complexity index is 995. The lowest BCUT2D eigenvalue weighted by molar-refractivity contribution is -0.138. The number of carbonyl (C=O) groups is 3. The van der Waals surface area contributed by atoms with Gasteiger partial charge in [0.05, 0.1) is 23.4 Å². The minimum Gasteiger partial charge on any atom is -0.459 e. The molecule has 0 spiro atoms. The zero-order chi connectivity index (χ0) is 23.5. The van der Waals surface area contributed by atoms with Gasteiger partial charge in [-0.05, 0) is 49.6 Å². The van der Waals surface area contributed by atoms with Crippen LogP contribution in [-0.2, 0) is 15.8 Å². The Labute approximate surface area is 187 Å². The average Bonchev–Trinajstić information content (AvgIpc) is 3.28. The van der Waals surface area contributed by atoms with Crippen molar-refractivity contribution in [2.75, 3.05) is 25.5 Å². The average molecular weight is 472 g/mol. The first kappa shape index (κ1) is 23.6. The summed E-state index contributed by atoms with van der Waals surface area (Å²) < 4.78 is 44.1. The molecule has 3 rings (SSSR count). The van der Waals surface area contributed by atoms with Crippen LogP contribution >= 0.6 is 11.6 Å². The van der Waals surface area contributed by atoms with Crippen LogP contribution in [-0.4, -0.2) is 53.7 Å². The maximum atomic E-state index is 13.0. The van der Waals surface area contributed by atoms with Gasteiger partial charge in [0.2, 0.25) is 11.8 Å². The van der Waals surface area contributed by atoms with E-state index in [4.69, 9.17) is 16.0 Å². The zero-order valence-corrected chi connectivity index (χ0v) is 17.9. The molecule has 172 valence electrons. The van der Waals surface area contributed by atoms with Crippen molar-refractivity contribution in [2.45, 2.75) is 31.5 Å². The van der Waals surface area contributed by atoms with E-state index in [1.807, 2.05) is 0 Å². The number of amides is 3. The van der Waals surface area contributed by atoms with E-state index in [0.29, 0.717) is 13.0 Å². The van der Waals surface area contributed by atoms with Gasteiger partial charge in [0.25, 0.3) is 5.91 Å². The number of anilines is 1. The van der Waals surface area contributed by atoms with Crippen LogP contribution in [0, 0.1) is 0 Å². The summed E-state index contributed by atoms with van der Waals surface area (Å²) in [5.74, 6) is -1.41. The molecule has 7 nitrogen and oxygen atoms in total. The Kier molecular flexibility index (Phi) is 7.12. The van der Waals surface area contributed by atoms with Gasteiger partial charge in [-0.15, -0.1) is 0 Å². The summed E-state index contributed by atoms with van der Waals surface area (Å²) in [5.41, 5.74) is -1.17. The number of nitrogens with one attached hydrogen (secondary N) is 1. The second kappa shape index (κ2) is 9.64. The van der Waals surface area contributed by atoms with Crippen LogP contribution in [0.15, 0.2) is 41.0 Å². The molecule has 1 aromatic carbocycles. The van der Waals surface area contributed by atoms with Crippen molar-refractivity contribution in [2.24, 2.45) is 0 Å². The third-order valence-electron chi connectivity index (χ3n) is 5.09. The second-order valence-electron chi connectivity index (χ2n) is 7.42. The monoisotopic (exact) mass is 471 g/mol. The molecular formula is C21H21ClF3N3O4. The maximum absolute atomic E-state index is 13.0. The van der Waals surface area contributed by atoms with Crippen molar-refractivity contribution in [3.8, 4) is 0 Å². The summed E-state index contributed by atoms with van der Waals surface area (Å²) >= 11 is 5.58. The van der Waals surface area contributed by atoms with Crippen LogP contribution in [0.3, 0.4) is 0 Å². The number of hydrogen-bond donors (Lipinski definition) is 1. The molecule has 1 saturated heterocycles. The van der Waals surface area contributed by atoms with Crippen molar-refractivity contribution in [3.63, 3.8) is 0 Å². The molecule has 1 fully saturated rings. The van der Waals surface area contributed by atoms with Gasteiger partial charge < -0.3 is 19.5 Å². The highest BCUT2D eigenvalue weighted by Crippen LogP contribution is 2.36. The largest absolute Gasteiger partial charge is 0.459 e. The van der Waals surface area contributed by atoms with E-state index >= 15 is 0 Å². The van der Waals surface area contributed by atoms with E-state index in [1.165, 1.54) is 30.3 Å². The predicted molar refractivity (Wildman–Crippen MR) is 110 cm³/mol. The minimum atomic E-state index is -4.67. The van der Waals surface area contributed by atoms with Crippen LogP contribution in [0.4, 0.5) is 18.9 Å². The first-order chi connectivity index (χ1) is 15.1. The van der Waals surface area contributed by atoms with Gasteiger partial charge in [-0.2, -0.15) is 13.2 Å². The summed E-state index contributed by atoms with van der Waals surface area (Å²) in [4.78, 5) is 40.6. The number of hydrogen-bond acceptors (Lipinski definition) is 4. The normalized spacial score (nSPS) is 16.5. The van der Waals surface area contributed by atoms with E-state index in [2.05, 4.69) is 5.32 Å². The molecule has 0 bridgehead atoms. The lowest BCUT2D eigenvalue weighted by Gasteiger charge is -2.36. The van der Waals surface area contributed by atoms with Crippen molar-refractivity contribution >= 4 is 35.0 Å².